The summed E-state index contributed by atoms with van der Waals surface area (Å²) < 4.78 is 1.50. The number of nitrogens with one attached hydrogen (secondary N) is 1. The van der Waals surface area contributed by atoms with Crippen molar-refractivity contribution in [1.29, 1.82) is 0 Å². The molecule has 0 radical (unpaired) electrons. The third kappa shape index (κ3) is 2.08. The number of pyridine rings is 1. The molecule has 6 heteroatoms. The van der Waals surface area contributed by atoms with Crippen LogP contribution in [0.3, 0.4) is 0 Å². The Hall–Kier alpha value is -3.12. The van der Waals surface area contributed by atoms with Crippen molar-refractivity contribution < 1.29 is 5.11 Å². The van der Waals surface area contributed by atoms with E-state index in [2.05, 4.69) is 10.2 Å². The summed E-state index contributed by atoms with van der Waals surface area (Å²) in [7, 11) is 0. The Balaban J connectivity index is 2.01. The molecule has 0 aliphatic heterocycles. The quantitative estimate of drug-likeness (QED) is 0.527. The van der Waals surface area contributed by atoms with Gasteiger partial charge in [-0.05, 0) is 34.9 Å². The van der Waals surface area contributed by atoms with Gasteiger partial charge in [0.05, 0.1) is 12.1 Å². The number of rotatable bonds is 2. The first-order valence-electron chi connectivity index (χ1n) is 7.17. The van der Waals surface area contributed by atoms with Gasteiger partial charge in [0.25, 0.3) is 0 Å². The highest BCUT2D eigenvalue weighted by Gasteiger charge is 2.10. The van der Waals surface area contributed by atoms with Crippen molar-refractivity contribution in [3.8, 4) is 11.1 Å². The summed E-state index contributed by atoms with van der Waals surface area (Å²) in [4.78, 5) is 11.9. The lowest BCUT2D eigenvalue weighted by atomic mass is 10.0. The summed E-state index contributed by atoms with van der Waals surface area (Å²) in [6.45, 7) is -0.00536. The summed E-state index contributed by atoms with van der Waals surface area (Å²) in [6.07, 6.45) is 0. The fourth-order valence-electron chi connectivity index (χ4n) is 2.85. The van der Waals surface area contributed by atoms with Gasteiger partial charge in [-0.15, -0.1) is 0 Å². The number of fused-ring (bicyclic) bond motifs is 3. The predicted molar refractivity (Wildman–Crippen MR) is 89.1 cm³/mol. The largest absolute Gasteiger partial charge is 0.398 e. The molecule has 4 aromatic rings. The maximum Gasteiger partial charge on any atom is 0.348 e. The second-order valence-corrected chi connectivity index (χ2v) is 5.41. The molecular weight excluding hydrogens is 292 g/mol. The van der Waals surface area contributed by atoms with Gasteiger partial charge in [0.1, 0.15) is 0 Å². The van der Waals surface area contributed by atoms with Crippen LogP contribution in [0, 0.1) is 0 Å². The van der Waals surface area contributed by atoms with E-state index in [1.54, 1.807) is 6.07 Å². The highest BCUT2D eigenvalue weighted by atomic mass is 16.3. The molecule has 4 N–H and O–H groups in total. The smallest absolute Gasteiger partial charge is 0.348 e. The SMILES string of the molecule is Nc1cc2n[nH]c(=O)n2c2ccc(-c3cccc(CO)c3)cc12. The minimum Gasteiger partial charge on any atom is -0.398 e. The fraction of sp³-hybridized carbons (Fsp3) is 0.0588. The van der Waals surface area contributed by atoms with Crippen LogP contribution in [-0.2, 0) is 6.61 Å². The van der Waals surface area contributed by atoms with Gasteiger partial charge in [-0.1, -0.05) is 24.3 Å². The standard InChI is InChI=1S/C17H14N4O2/c18-14-8-16-19-20-17(23)21(16)15-5-4-12(7-13(14)15)11-3-1-2-10(6-11)9-22/h1-8,22H,9,18H2,(H,20,23). The Labute approximate surface area is 130 Å². The van der Waals surface area contributed by atoms with Gasteiger partial charge < -0.3 is 10.8 Å². The number of anilines is 1. The van der Waals surface area contributed by atoms with Crippen LogP contribution < -0.4 is 11.4 Å². The molecule has 2 aromatic heterocycles. The van der Waals surface area contributed by atoms with E-state index in [1.165, 1.54) is 4.40 Å². The van der Waals surface area contributed by atoms with Crippen molar-refractivity contribution in [2.45, 2.75) is 6.61 Å². The number of aromatic nitrogens is 3. The van der Waals surface area contributed by atoms with Gasteiger partial charge >= 0.3 is 5.69 Å². The van der Waals surface area contributed by atoms with Gasteiger partial charge in [-0.2, -0.15) is 5.10 Å². The summed E-state index contributed by atoms with van der Waals surface area (Å²) in [5, 5.41) is 16.4. The van der Waals surface area contributed by atoms with Gasteiger partial charge in [0.15, 0.2) is 5.65 Å². The van der Waals surface area contributed by atoms with Gasteiger partial charge in [-0.25, -0.2) is 14.3 Å². The van der Waals surface area contributed by atoms with Crippen molar-refractivity contribution in [2.75, 3.05) is 5.73 Å². The minimum absolute atomic E-state index is 0.00536. The van der Waals surface area contributed by atoms with Crippen molar-refractivity contribution in [3.05, 3.63) is 64.6 Å². The highest BCUT2D eigenvalue weighted by molar-refractivity contribution is 5.95. The Kier molecular flexibility index (Phi) is 2.92. The first-order chi connectivity index (χ1) is 11.2. The normalized spacial score (nSPS) is 11.3. The zero-order valence-corrected chi connectivity index (χ0v) is 12.2. The van der Waals surface area contributed by atoms with Crippen molar-refractivity contribution >= 4 is 22.2 Å². The number of hydrogen-bond acceptors (Lipinski definition) is 4. The molecule has 0 atom stereocenters. The maximum absolute atomic E-state index is 11.9. The highest BCUT2D eigenvalue weighted by Crippen LogP contribution is 2.28. The summed E-state index contributed by atoms with van der Waals surface area (Å²) in [5.74, 6) is 0. The molecule has 0 amide bonds. The van der Waals surface area contributed by atoms with Crippen LogP contribution in [-0.4, -0.2) is 19.7 Å². The molecule has 0 bridgehead atoms. The summed E-state index contributed by atoms with van der Waals surface area (Å²) in [6, 6.07) is 15.1. The van der Waals surface area contributed by atoms with E-state index in [0.717, 1.165) is 22.1 Å². The Morgan fingerprint density at radius 2 is 1.96 bits per heavy atom. The predicted octanol–water partition coefficient (Wildman–Crippen LogP) is 1.92. The molecular formula is C17H14N4O2. The molecule has 0 unspecified atom stereocenters. The second-order valence-electron chi connectivity index (χ2n) is 5.41. The number of nitrogens with two attached hydrogens (primary N) is 1. The van der Waals surface area contributed by atoms with Crippen LogP contribution in [0.15, 0.2) is 53.3 Å². The van der Waals surface area contributed by atoms with E-state index in [0.29, 0.717) is 16.9 Å². The van der Waals surface area contributed by atoms with Crippen LogP contribution in [0.5, 0.6) is 0 Å². The van der Waals surface area contributed by atoms with Crippen LogP contribution in [0.1, 0.15) is 5.56 Å². The number of aliphatic hydroxyl groups excluding tert-OH is 1. The zero-order chi connectivity index (χ0) is 16.0. The second kappa shape index (κ2) is 4.96. The summed E-state index contributed by atoms with van der Waals surface area (Å²) in [5.41, 5.74) is 10.4. The van der Waals surface area contributed by atoms with Gasteiger partial charge in [0.2, 0.25) is 0 Å². The molecule has 4 rings (SSSR count). The number of nitrogens with zero attached hydrogens (tertiary/aromatic N) is 2. The molecule has 2 heterocycles. The number of aromatic amines is 1. The number of aliphatic hydroxyl groups is 1. The topological polar surface area (TPSA) is 96.4 Å². The first-order valence-corrected chi connectivity index (χ1v) is 7.17. The molecule has 6 nitrogen and oxygen atoms in total. The number of benzene rings is 2. The van der Waals surface area contributed by atoms with E-state index in [9.17, 15) is 9.90 Å². The average Bonchev–Trinajstić information content (AvgIpc) is 2.95. The monoisotopic (exact) mass is 306 g/mol. The lowest BCUT2D eigenvalue weighted by molar-refractivity contribution is 0.282. The van der Waals surface area contributed by atoms with E-state index in [1.807, 2.05) is 42.5 Å². The minimum atomic E-state index is -0.292. The number of H-pyrrole nitrogens is 1. The van der Waals surface area contributed by atoms with Gasteiger partial charge in [0, 0.05) is 17.1 Å². The number of hydrogen-bond donors (Lipinski definition) is 3. The molecule has 0 aliphatic carbocycles. The van der Waals surface area contributed by atoms with E-state index < -0.39 is 0 Å². The van der Waals surface area contributed by atoms with Crippen molar-refractivity contribution in [3.63, 3.8) is 0 Å². The third-order valence-electron chi connectivity index (χ3n) is 3.97. The number of nitrogen functional groups attached to an aromatic ring is 1. The van der Waals surface area contributed by atoms with E-state index in [4.69, 9.17) is 5.73 Å². The zero-order valence-electron chi connectivity index (χ0n) is 12.2. The molecule has 0 saturated carbocycles. The van der Waals surface area contributed by atoms with Crippen LogP contribution >= 0.6 is 0 Å². The summed E-state index contributed by atoms with van der Waals surface area (Å²) >= 11 is 0. The van der Waals surface area contributed by atoms with E-state index >= 15 is 0 Å². The maximum atomic E-state index is 11.9. The Bertz CT molecular complexity index is 1090. The van der Waals surface area contributed by atoms with Crippen molar-refractivity contribution in [2.24, 2.45) is 0 Å². The van der Waals surface area contributed by atoms with Crippen LogP contribution in [0.4, 0.5) is 5.69 Å². The molecule has 23 heavy (non-hydrogen) atoms. The fourth-order valence-corrected chi connectivity index (χ4v) is 2.85. The first kappa shape index (κ1) is 13.5. The molecule has 2 aromatic carbocycles. The lowest BCUT2D eigenvalue weighted by Crippen LogP contribution is -2.10. The molecule has 0 fully saturated rings. The van der Waals surface area contributed by atoms with Gasteiger partial charge in [-0.3, -0.25) is 0 Å². The molecule has 0 aliphatic rings. The molecule has 114 valence electrons. The van der Waals surface area contributed by atoms with Crippen LogP contribution in [0.2, 0.25) is 0 Å². The van der Waals surface area contributed by atoms with Crippen LogP contribution in [0.25, 0.3) is 27.7 Å². The molecule has 0 saturated heterocycles. The Morgan fingerprint density at radius 3 is 2.78 bits per heavy atom. The van der Waals surface area contributed by atoms with E-state index in [-0.39, 0.29) is 12.3 Å². The van der Waals surface area contributed by atoms with Crippen molar-refractivity contribution in [1.82, 2.24) is 14.6 Å². The lowest BCUT2D eigenvalue weighted by Gasteiger charge is -2.08. The average molecular weight is 306 g/mol. The molecule has 0 spiro atoms. The third-order valence-corrected chi connectivity index (χ3v) is 3.97. The Morgan fingerprint density at radius 1 is 1.13 bits per heavy atom.